The van der Waals surface area contributed by atoms with Gasteiger partial charge in [0.25, 0.3) is 11.8 Å². The molecule has 4 rings (SSSR count). The number of anilines is 2. The van der Waals surface area contributed by atoms with Gasteiger partial charge in [-0.1, -0.05) is 18.2 Å². The number of rotatable bonds is 9. The van der Waals surface area contributed by atoms with E-state index in [0.717, 1.165) is 0 Å². The Hall–Kier alpha value is -4.66. The molecule has 0 aliphatic rings. The second kappa shape index (κ2) is 10.5. The highest BCUT2D eigenvalue weighted by Crippen LogP contribution is 2.20. The zero-order valence-corrected chi connectivity index (χ0v) is 19.3. The fourth-order valence-electron chi connectivity index (χ4n) is 3.26. The number of para-hydroxylation sites is 1. The Morgan fingerprint density at radius 3 is 2.37 bits per heavy atom. The second-order valence-electron chi connectivity index (χ2n) is 7.66. The van der Waals surface area contributed by atoms with Crippen molar-refractivity contribution in [2.24, 2.45) is 0 Å². The van der Waals surface area contributed by atoms with Crippen molar-refractivity contribution in [3.63, 3.8) is 0 Å². The molecule has 178 valence electrons. The number of carbonyl (C=O) groups excluding carboxylic acids is 3. The maximum Gasteiger partial charge on any atom is 0.291 e. The highest BCUT2D eigenvalue weighted by molar-refractivity contribution is 6.10. The molecule has 0 saturated carbocycles. The summed E-state index contributed by atoms with van der Waals surface area (Å²) in [5.74, 6) is 0.0858. The molecular formula is C26H24N4O5. The first-order valence-corrected chi connectivity index (χ1v) is 11.0. The SMILES string of the molecule is CCn1cc(NC(=O)c2ccc(COc3ccc(C(C)=O)cc3)o2)c(C(=O)Nc2ccccc2)n1. The average Bonchev–Trinajstić information content (AvgIpc) is 3.51. The summed E-state index contributed by atoms with van der Waals surface area (Å²) in [6.45, 7) is 4.00. The average molecular weight is 473 g/mol. The van der Waals surface area contributed by atoms with E-state index in [1.165, 1.54) is 13.0 Å². The summed E-state index contributed by atoms with van der Waals surface area (Å²) in [7, 11) is 0. The third kappa shape index (κ3) is 5.83. The monoisotopic (exact) mass is 472 g/mol. The summed E-state index contributed by atoms with van der Waals surface area (Å²) in [4.78, 5) is 36.9. The van der Waals surface area contributed by atoms with Crippen LogP contribution >= 0.6 is 0 Å². The van der Waals surface area contributed by atoms with E-state index in [1.54, 1.807) is 53.3 Å². The van der Waals surface area contributed by atoms with Gasteiger partial charge in [-0.05, 0) is 62.4 Å². The molecule has 0 unspecified atom stereocenters. The lowest BCUT2D eigenvalue weighted by Gasteiger charge is -2.06. The van der Waals surface area contributed by atoms with Gasteiger partial charge in [0.2, 0.25) is 0 Å². The maximum atomic E-state index is 12.8. The lowest BCUT2D eigenvalue weighted by atomic mass is 10.1. The number of ketones is 1. The number of Topliss-reactive ketones (excluding diaryl/α,β-unsaturated/α-hetero) is 1. The van der Waals surface area contributed by atoms with Crippen molar-refractivity contribution < 1.29 is 23.5 Å². The lowest BCUT2D eigenvalue weighted by molar-refractivity contribution is 0.0990. The van der Waals surface area contributed by atoms with Crippen LogP contribution < -0.4 is 15.4 Å². The van der Waals surface area contributed by atoms with Gasteiger partial charge in [0.1, 0.15) is 18.1 Å². The Kier molecular flexibility index (Phi) is 7.06. The molecule has 2 amide bonds. The summed E-state index contributed by atoms with van der Waals surface area (Å²) in [6.07, 6.45) is 1.59. The number of hydrogen-bond donors (Lipinski definition) is 2. The van der Waals surface area contributed by atoms with E-state index >= 15 is 0 Å². The summed E-state index contributed by atoms with van der Waals surface area (Å²) in [6, 6.07) is 18.9. The molecule has 2 aromatic heterocycles. The first kappa shape index (κ1) is 23.5. The molecular weight excluding hydrogens is 448 g/mol. The zero-order chi connectivity index (χ0) is 24.8. The molecule has 35 heavy (non-hydrogen) atoms. The first-order chi connectivity index (χ1) is 16.9. The smallest absolute Gasteiger partial charge is 0.291 e. The Morgan fingerprint density at radius 2 is 1.69 bits per heavy atom. The quantitative estimate of drug-likeness (QED) is 0.339. The molecule has 0 saturated heterocycles. The van der Waals surface area contributed by atoms with Crippen LogP contribution in [0.1, 0.15) is 51.0 Å². The van der Waals surface area contributed by atoms with E-state index in [0.29, 0.717) is 29.3 Å². The number of hydrogen-bond acceptors (Lipinski definition) is 6. The van der Waals surface area contributed by atoms with Crippen LogP contribution in [-0.4, -0.2) is 27.4 Å². The number of carbonyl (C=O) groups is 3. The van der Waals surface area contributed by atoms with Crippen LogP contribution in [-0.2, 0) is 13.2 Å². The van der Waals surface area contributed by atoms with Crippen molar-refractivity contribution in [2.45, 2.75) is 27.0 Å². The number of amides is 2. The minimum Gasteiger partial charge on any atom is -0.486 e. The van der Waals surface area contributed by atoms with E-state index < -0.39 is 11.8 Å². The molecule has 0 aliphatic carbocycles. The number of nitrogens with zero attached hydrogens (tertiary/aromatic N) is 2. The molecule has 0 aliphatic heterocycles. The largest absolute Gasteiger partial charge is 0.486 e. The van der Waals surface area contributed by atoms with Crippen molar-refractivity contribution in [3.8, 4) is 5.75 Å². The number of ether oxygens (including phenoxy) is 1. The van der Waals surface area contributed by atoms with Crippen LogP contribution in [0.4, 0.5) is 11.4 Å². The van der Waals surface area contributed by atoms with Gasteiger partial charge in [-0.2, -0.15) is 5.10 Å². The van der Waals surface area contributed by atoms with Gasteiger partial charge >= 0.3 is 0 Å². The summed E-state index contributed by atoms with van der Waals surface area (Å²) >= 11 is 0. The number of aryl methyl sites for hydroxylation is 1. The molecule has 2 aromatic carbocycles. The minimum absolute atomic E-state index is 0.0246. The van der Waals surface area contributed by atoms with Crippen LogP contribution in [0.5, 0.6) is 5.75 Å². The molecule has 0 spiro atoms. The molecule has 0 radical (unpaired) electrons. The van der Waals surface area contributed by atoms with Gasteiger partial charge in [-0.15, -0.1) is 0 Å². The Labute approximate surface area is 201 Å². The summed E-state index contributed by atoms with van der Waals surface area (Å²) in [5.41, 5.74) is 1.57. The van der Waals surface area contributed by atoms with Gasteiger partial charge in [0, 0.05) is 24.0 Å². The van der Waals surface area contributed by atoms with Crippen LogP contribution in [0.2, 0.25) is 0 Å². The van der Waals surface area contributed by atoms with Crippen molar-refractivity contribution in [1.82, 2.24) is 9.78 Å². The fourth-order valence-corrected chi connectivity index (χ4v) is 3.26. The molecule has 9 nitrogen and oxygen atoms in total. The summed E-state index contributed by atoms with van der Waals surface area (Å²) in [5, 5.41) is 9.75. The Morgan fingerprint density at radius 1 is 0.943 bits per heavy atom. The van der Waals surface area contributed by atoms with Crippen molar-refractivity contribution in [1.29, 1.82) is 0 Å². The predicted octanol–water partition coefficient (Wildman–Crippen LogP) is 4.78. The van der Waals surface area contributed by atoms with Gasteiger partial charge in [0.15, 0.2) is 17.2 Å². The maximum absolute atomic E-state index is 12.8. The highest BCUT2D eigenvalue weighted by atomic mass is 16.5. The zero-order valence-electron chi connectivity index (χ0n) is 19.3. The molecule has 4 aromatic rings. The molecule has 2 N–H and O–H groups in total. The third-order valence-electron chi connectivity index (χ3n) is 5.11. The van der Waals surface area contributed by atoms with Crippen LogP contribution in [0.15, 0.2) is 77.3 Å². The van der Waals surface area contributed by atoms with Crippen molar-refractivity contribution in [3.05, 3.63) is 95.7 Å². The van der Waals surface area contributed by atoms with E-state index in [4.69, 9.17) is 9.15 Å². The Bertz CT molecular complexity index is 1340. The standard InChI is InChI=1S/C26H24N4O5/c1-3-30-15-22(24(29-30)26(33)27-19-7-5-4-6-8-19)28-25(32)23-14-13-21(35-23)16-34-20-11-9-18(10-12-20)17(2)31/h4-15H,3,16H2,1-2H3,(H,27,33)(H,28,32). The van der Waals surface area contributed by atoms with Gasteiger partial charge in [-0.25, -0.2) is 0 Å². The molecule has 9 heteroatoms. The number of benzene rings is 2. The molecule has 0 atom stereocenters. The van der Waals surface area contributed by atoms with Gasteiger partial charge in [-0.3, -0.25) is 19.1 Å². The number of furan rings is 1. The molecule has 2 heterocycles. The lowest BCUT2D eigenvalue weighted by Crippen LogP contribution is -2.17. The van der Waals surface area contributed by atoms with E-state index in [9.17, 15) is 14.4 Å². The fraction of sp³-hybridized carbons (Fsp3) is 0.154. The topological polar surface area (TPSA) is 115 Å². The first-order valence-electron chi connectivity index (χ1n) is 11.0. The molecule has 0 fully saturated rings. The highest BCUT2D eigenvalue weighted by Gasteiger charge is 2.21. The van der Waals surface area contributed by atoms with Gasteiger partial charge in [0.05, 0.1) is 5.69 Å². The van der Waals surface area contributed by atoms with Crippen LogP contribution in [0.3, 0.4) is 0 Å². The van der Waals surface area contributed by atoms with E-state index in [-0.39, 0.29) is 29.5 Å². The van der Waals surface area contributed by atoms with E-state index in [2.05, 4.69) is 15.7 Å². The van der Waals surface area contributed by atoms with Crippen LogP contribution in [0, 0.1) is 0 Å². The predicted molar refractivity (Wildman–Crippen MR) is 130 cm³/mol. The normalized spacial score (nSPS) is 10.6. The minimum atomic E-state index is -0.522. The van der Waals surface area contributed by atoms with Gasteiger partial charge < -0.3 is 19.8 Å². The second-order valence-corrected chi connectivity index (χ2v) is 7.66. The number of aromatic nitrogens is 2. The van der Waals surface area contributed by atoms with Crippen molar-refractivity contribution in [2.75, 3.05) is 10.6 Å². The van der Waals surface area contributed by atoms with E-state index in [1.807, 2.05) is 25.1 Å². The third-order valence-corrected chi connectivity index (χ3v) is 5.11. The molecule has 0 bridgehead atoms. The number of nitrogens with one attached hydrogen (secondary N) is 2. The Balaban J connectivity index is 1.41. The van der Waals surface area contributed by atoms with Crippen molar-refractivity contribution >= 4 is 29.0 Å². The van der Waals surface area contributed by atoms with Crippen LogP contribution in [0.25, 0.3) is 0 Å². The summed E-state index contributed by atoms with van der Waals surface area (Å²) < 4.78 is 12.8.